The number of hydrogen-bond acceptors (Lipinski definition) is 3. The predicted molar refractivity (Wildman–Crippen MR) is 45.6 cm³/mol. The summed E-state index contributed by atoms with van der Waals surface area (Å²) < 4.78 is 5.19. The molecule has 0 bridgehead atoms. The summed E-state index contributed by atoms with van der Waals surface area (Å²) >= 11 is 0. The number of rotatable bonds is 3. The second kappa shape index (κ2) is 4.43. The molecule has 0 radical (unpaired) electrons. The minimum Gasteiger partial charge on any atom is -0.465 e. The van der Waals surface area contributed by atoms with E-state index in [-0.39, 0.29) is 6.10 Å². The van der Waals surface area contributed by atoms with Crippen LogP contribution in [0.4, 0.5) is 4.79 Å². The molecule has 0 unspecified atom stereocenters. The maximum absolute atomic E-state index is 10.6. The molecule has 0 aromatic rings. The number of ether oxygens (including phenoxy) is 1. The standard InChI is InChI=1S/C8H15NO4/c1-2-9(8(11)12)4-7-3-6(10)5-13-7/h6-7,10H,2-5H2,1H3,(H,11,12)/t6-,7-/m0/s1. The summed E-state index contributed by atoms with van der Waals surface area (Å²) in [4.78, 5) is 11.9. The minimum absolute atomic E-state index is 0.147. The molecule has 1 heterocycles. The molecule has 76 valence electrons. The third-order valence-corrected chi connectivity index (χ3v) is 2.14. The van der Waals surface area contributed by atoms with Crippen molar-refractivity contribution in [1.29, 1.82) is 0 Å². The first-order valence-corrected chi connectivity index (χ1v) is 4.41. The van der Waals surface area contributed by atoms with Gasteiger partial charge in [0.2, 0.25) is 0 Å². The van der Waals surface area contributed by atoms with E-state index in [1.54, 1.807) is 6.92 Å². The lowest BCUT2D eigenvalue weighted by Crippen LogP contribution is -2.36. The molecule has 0 saturated carbocycles. The molecule has 2 atom stereocenters. The van der Waals surface area contributed by atoms with E-state index in [2.05, 4.69) is 0 Å². The minimum atomic E-state index is -0.938. The lowest BCUT2D eigenvalue weighted by atomic mass is 10.2. The zero-order valence-electron chi connectivity index (χ0n) is 7.64. The van der Waals surface area contributed by atoms with Gasteiger partial charge in [0.25, 0.3) is 0 Å². The molecule has 1 amide bonds. The van der Waals surface area contributed by atoms with E-state index < -0.39 is 12.2 Å². The van der Waals surface area contributed by atoms with Gasteiger partial charge < -0.3 is 19.8 Å². The van der Waals surface area contributed by atoms with Crippen LogP contribution >= 0.6 is 0 Å². The molecule has 0 aromatic heterocycles. The number of amides is 1. The fourth-order valence-electron chi connectivity index (χ4n) is 1.40. The van der Waals surface area contributed by atoms with Gasteiger partial charge in [0.15, 0.2) is 0 Å². The highest BCUT2D eigenvalue weighted by atomic mass is 16.5. The van der Waals surface area contributed by atoms with Crippen LogP contribution in [0, 0.1) is 0 Å². The van der Waals surface area contributed by atoms with Crippen LogP contribution in [0.5, 0.6) is 0 Å². The van der Waals surface area contributed by atoms with Crippen molar-refractivity contribution in [3.05, 3.63) is 0 Å². The molecule has 1 aliphatic rings. The monoisotopic (exact) mass is 189 g/mol. The fraction of sp³-hybridized carbons (Fsp3) is 0.875. The summed E-state index contributed by atoms with van der Waals surface area (Å²) in [5.41, 5.74) is 0. The molecule has 5 heteroatoms. The molecule has 0 spiro atoms. The Hall–Kier alpha value is -0.810. The molecule has 1 aliphatic heterocycles. The largest absolute Gasteiger partial charge is 0.465 e. The third-order valence-electron chi connectivity index (χ3n) is 2.14. The molecule has 0 aliphatic carbocycles. The Bertz CT molecular complexity index is 185. The van der Waals surface area contributed by atoms with Crippen molar-refractivity contribution in [3.8, 4) is 0 Å². The second-order valence-electron chi connectivity index (χ2n) is 3.17. The molecule has 1 saturated heterocycles. The first kappa shape index (κ1) is 10.3. The Morgan fingerprint density at radius 1 is 1.69 bits per heavy atom. The number of nitrogens with zero attached hydrogens (tertiary/aromatic N) is 1. The highest BCUT2D eigenvalue weighted by Gasteiger charge is 2.26. The van der Waals surface area contributed by atoms with Crippen LogP contribution in [0.2, 0.25) is 0 Å². The third kappa shape index (κ3) is 2.86. The van der Waals surface area contributed by atoms with Gasteiger partial charge in [0.05, 0.1) is 25.4 Å². The summed E-state index contributed by atoms with van der Waals surface area (Å²) in [5.74, 6) is 0. The van der Waals surface area contributed by atoms with Gasteiger partial charge >= 0.3 is 6.09 Å². The van der Waals surface area contributed by atoms with Gasteiger partial charge in [-0.05, 0) is 6.92 Å². The summed E-state index contributed by atoms with van der Waals surface area (Å²) in [6, 6.07) is 0. The van der Waals surface area contributed by atoms with E-state index >= 15 is 0 Å². The van der Waals surface area contributed by atoms with E-state index in [1.165, 1.54) is 4.90 Å². The molecule has 0 aromatic carbocycles. The zero-order valence-corrected chi connectivity index (χ0v) is 7.64. The predicted octanol–water partition coefficient (Wildman–Crippen LogP) is 0.136. The average Bonchev–Trinajstić information content (AvgIpc) is 2.46. The first-order valence-electron chi connectivity index (χ1n) is 4.41. The van der Waals surface area contributed by atoms with Gasteiger partial charge in [-0.1, -0.05) is 0 Å². The van der Waals surface area contributed by atoms with Crippen molar-refractivity contribution in [3.63, 3.8) is 0 Å². The zero-order chi connectivity index (χ0) is 9.84. The molecule has 2 N–H and O–H groups in total. The Morgan fingerprint density at radius 2 is 2.38 bits per heavy atom. The average molecular weight is 189 g/mol. The topological polar surface area (TPSA) is 70.0 Å². The van der Waals surface area contributed by atoms with Crippen molar-refractivity contribution >= 4 is 6.09 Å². The van der Waals surface area contributed by atoms with Gasteiger partial charge in [0.1, 0.15) is 0 Å². The van der Waals surface area contributed by atoms with Crippen LogP contribution in [-0.2, 0) is 4.74 Å². The van der Waals surface area contributed by atoms with Crippen LogP contribution in [0.1, 0.15) is 13.3 Å². The molecule has 1 fully saturated rings. The van der Waals surface area contributed by atoms with Crippen molar-refractivity contribution < 1.29 is 19.7 Å². The first-order chi connectivity index (χ1) is 6.13. The molecule has 13 heavy (non-hydrogen) atoms. The van der Waals surface area contributed by atoms with Gasteiger partial charge in [-0.25, -0.2) is 4.79 Å². The Morgan fingerprint density at radius 3 is 2.77 bits per heavy atom. The maximum atomic E-state index is 10.6. The smallest absolute Gasteiger partial charge is 0.407 e. The van der Waals surface area contributed by atoms with Crippen LogP contribution < -0.4 is 0 Å². The van der Waals surface area contributed by atoms with Gasteiger partial charge in [-0.3, -0.25) is 0 Å². The summed E-state index contributed by atoms with van der Waals surface area (Å²) in [6.45, 7) is 2.90. The van der Waals surface area contributed by atoms with E-state index in [4.69, 9.17) is 14.9 Å². The van der Waals surface area contributed by atoms with Crippen molar-refractivity contribution in [2.45, 2.75) is 25.6 Å². The lowest BCUT2D eigenvalue weighted by Gasteiger charge is -2.20. The second-order valence-corrected chi connectivity index (χ2v) is 3.17. The van der Waals surface area contributed by atoms with E-state index in [1.807, 2.05) is 0 Å². The Balaban J connectivity index is 2.34. The summed E-state index contributed by atoms with van der Waals surface area (Å²) in [5, 5.41) is 17.8. The van der Waals surface area contributed by atoms with Crippen LogP contribution in [0.25, 0.3) is 0 Å². The number of carboxylic acid groups (broad SMARTS) is 1. The van der Waals surface area contributed by atoms with E-state index in [9.17, 15) is 4.79 Å². The quantitative estimate of drug-likeness (QED) is 0.662. The van der Waals surface area contributed by atoms with Crippen LogP contribution in [0.15, 0.2) is 0 Å². The van der Waals surface area contributed by atoms with Gasteiger partial charge in [-0.2, -0.15) is 0 Å². The number of carbonyl (C=O) groups is 1. The van der Waals surface area contributed by atoms with Crippen LogP contribution in [-0.4, -0.2) is 53.1 Å². The molecule has 5 nitrogen and oxygen atoms in total. The SMILES string of the molecule is CCN(C[C@@H]1C[C@H](O)CO1)C(=O)O. The molecular formula is C8H15NO4. The number of aliphatic hydroxyl groups is 1. The van der Waals surface area contributed by atoms with E-state index in [0.29, 0.717) is 26.1 Å². The van der Waals surface area contributed by atoms with Crippen molar-refractivity contribution in [1.82, 2.24) is 4.90 Å². The number of aliphatic hydroxyl groups excluding tert-OH is 1. The summed E-state index contributed by atoms with van der Waals surface area (Å²) in [6.07, 6.45) is -0.986. The van der Waals surface area contributed by atoms with Crippen molar-refractivity contribution in [2.24, 2.45) is 0 Å². The van der Waals surface area contributed by atoms with Gasteiger partial charge in [-0.15, -0.1) is 0 Å². The molecule has 1 rings (SSSR count). The van der Waals surface area contributed by atoms with Crippen molar-refractivity contribution in [2.75, 3.05) is 19.7 Å². The normalized spacial score (nSPS) is 27.5. The number of likely N-dealkylation sites (N-methyl/N-ethyl adjacent to an activating group) is 1. The summed E-state index contributed by atoms with van der Waals surface area (Å²) in [7, 11) is 0. The molecular weight excluding hydrogens is 174 g/mol. The van der Waals surface area contributed by atoms with Crippen LogP contribution in [0.3, 0.4) is 0 Å². The highest BCUT2D eigenvalue weighted by Crippen LogP contribution is 2.14. The van der Waals surface area contributed by atoms with Gasteiger partial charge in [0, 0.05) is 13.0 Å². The Labute approximate surface area is 76.9 Å². The lowest BCUT2D eigenvalue weighted by molar-refractivity contribution is 0.0628. The highest BCUT2D eigenvalue weighted by molar-refractivity contribution is 5.64. The Kier molecular flexibility index (Phi) is 3.50. The number of hydrogen-bond donors (Lipinski definition) is 2. The maximum Gasteiger partial charge on any atom is 0.407 e. The van der Waals surface area contributed by atoms with E-state index in [0.717, 1.165) is 0 Å². The fourth-order valence-corrected chi connectivity index (χ4v) is 1.40.